The summed E-state index contributed by atoms with van der Waals surface area (Å²) in [6.45, 7) is 9.32. The smallest absolute Gasteiger partial charge is 0.0227 e. The van der Waals surface area contributed by atoms with Gasteiger partial charge in [0, 0.05) is 0 Å². The van der Waals surface area contributed by atoms with Gasteiger partial charge in [-0.25, -0.2) is 0 Å². The van der Waals surface area contributed by atoms with Crippen LogP contribution in [0.4, 0.5) is 0 Å². The summed E-state index contributed by atoms with van der Waals surface area (Å²) in [5.41, 5.74) is 1.88. The molecule has 0 spiro atoms. The summed E-state index contributed by atoms with van der Waals surface area (Å²) in [6, 6.07) is 10.8. The molecule has 0 aromatic heterocycles. The Labute approximate surface area is 88.4 Å². The van der Waals surface area contributed by atoms with Crippen molar-refractivity contribution in [1.29, 1.82) is 0 Å². The molecule has 1 rings (SSSR count). The minimum Gasteiger partial charge on any atom is -0.0628 e. The van der Waals surface area contributed by atoms with Crippen LogP contribution in [0, 0.1) is 11.3 Å². The van der Waals surface area contributed by atoms with Gasteiger partial charge in [-0.1, -0.05) is 58.0 Å². The molecule has 0 saturated heterocycles. The van der Waals surface area contributed by atoms with Crippen molar-refractivity contribution in [3.05, 3.63) is 35.9 Å². The number of hydrogen-bond acceptors (Lipinski definition) is 0. The molecule has 0 aliphatic rings. The standard InChI is InChI=1S/C14H22/c1-12(2)10-14(3,4)11-13-8-6-5-7-9-13/h5-9,12H,10-11H2,1-4H3. The molecule has 78 valence electrons. The van der Waals surface area contributed by atoms with Crippen molar-refractivity contribution in [2.75, 3.05) is 0 Å². The van der Waals surface area contributed by atoms with Gasteiger partial charge < -0.3 is 0 Å². The topological polar surface area (TPSA) is 0 Å². The summed E-state index contributed by atoms with van der Waals surface area (Å²) < 4.78 is 0. The molecule has 0 radical (unpaired) electrons. The summed E-state index contributed by atoms with van der Waals surface area (Å²) >= 11 is 0. The van der Waals surface area contributed by atoms with Crippen molar-refractivity contribution >= 4 is 0 Å². The lowest BCUT2D eigenvalue weighted by atomic mass is 9.79. The third-order valence-electron chi connectivity index (χ3n) is 2.49. The van der Waals surface area contributed by atoms with E-state index < -0.39 is 0 Å². The summed E-state index contributed by atoms with van der Waals surface area (Å²) in [5, 5.41) is 0. The fourth-order valence-electron chi connectivity index (χ4n) is 2.33. The van der Waals surface area contributed by atoms with Crippen LogP contribution in [-0.4, -0.2) is 0 Å². The Hall–Kier alpha value is -0.780. The van der Waals surface area contributed by atoms with Crippen LogP contribution in [0.2, 0.25) is 0 Å². The first kappa shape index (κ1) is 11.3. The molecule has 0 fully saturated rings. The van der Waals surface area contributed by atoms with Crippen molar-refractivity contribution < 1.29 is 0 Å². The molecular formula is C14H22. The Balaban J connectivity index is 2.59. The van der Waals surface area contributed by atoms with Gasteiger partial charge in [-0.3, -0.25) is 0 Å². The molecule has 0 atom stereocenters. The van der Waals surface area contributed by atoms with Crippen LogP contribution in [0.1, 0.15) is 39.7 Å². The van der Waals surface area contributed by atoms with Crippen LogP contribution in [0.5, 0.6) is 0 Å². The maximum atomic E-state index is 2.36. The fraction of sp³-hybridized carbons (Fsp3) is 0.571. The second-order valence-electron chi connectivity index (χ2n) is 5.42. The van der Waals surface area contributed by atoms with Crippen molar-refractivity contribution in [3.63, 3.8) is 0 Å². The molecule has 0 unspecified atom stereocenters. The first-order valence-electron chi connectivity index (χ1n) is 5.53. The highest BCUT2D eigenvalue weighted by Gasteiger charge is 2.19. The first-order valence-corrected chi connectivity index (χ1v) is 5.53. The summed E-state index contributed by atoms with van der Waals surface area (Å²) in [6.07, 6.45) is 2.48. The number of rotatable bonds is 4. The third kappa shape index (κ3) is 3.95. The third-order valence-corrected chi connectivity index (χ3v) is 2.49. The summed E-state index contributed by atoms with van der Waals surface area (Å²) in [7, 11) is 0. The van der Waals surface area contributed by atoms with Crippen LogP contribution in [-0.2, 0) is 6.42 Å². The fourth-order valence-corrected chi connectivity index (χ4v) is 2.33. The highest BCUT2D eigenvalue weighted by atomic mass is 14.2. The molecule has 0 aliphatic carbocycles. The SMILES string of the molecule is CC(C)CC(C)(C)Cc1ccccc1. The summed E-state index contributed by atoms with van der Waals surface area (Å²) in [4.78, 5) is 0. The van der Waals surface area contributed by atoms with E-state index >= 15 is 0 Å². The zero-order chi connectivity index (χ0) is 10.6. The molecule has 0 heterocycles. The van der Waals surface area contributed by atoms with Gasteiger partial charge in [-0.2, -0.15) is 0 Å². The molecule has 0 N–H and O–H groups in total. The van der Waals surface area contributed by atoms with Gasteiger partial charge in [0.15, 0.2) is 0 Å². The van der Waals surface area contributed by atoms with Crippen molar-refractivity contribution in [2.24, 2.45) is 11.3 Å². The normalized spacial score (nSPS) is 12.1. The van der Waals surface area contributed by atoms with E-state index in [1.807, 2.05) is 0 Å². The van der Waals surface area contributed by atoms with Gasteiger partial charge in [0.1, 0.15) is 0 Å². The first-order chi connectivity index (χ1) is 6.49. The summed E-state index contributed by atoms with van der Waals surface area (Å²) in [5.74, 6) is 0.786. The molecule has 0 saturated carbocycles. The van der Waals surface area contributed by atoms with Crippen LogP contribution >= 0.6 is 0 Å². The van der Waals surface area contributed by atoms with Crippen molar-refractivity contribution in [2.45, 2.75) is 40.5 Å². The lowest BCUT2D eigenvalue weighted by Crippen LogP contribution is -2.17. The number of hydrogen-bond donors (Lipinski definition) is 0. The van der Waals surface area contributed by atoms with E-state index in [1.54, 1.807) is 0 Å². The Morgan fingerprint density at radius 2 is 1.64 bits per heavy atom. The van der Waals surface area contributed by atoms with Crippen LogP contribution in [0.3, 0.4) is 0 Å². The zero-order valence-corrected chi connectivity index (χ0v) is 9.88. The van der Waals surface area contributed by atoms with Crippen LogP contribution in [0.15, 0.2) is 30.3 Å². The maximum Gasteiger partial charge on any atom is -0.0227 e. The highest BCUT2D eigenvalue weighted by molar-refractivity contribution is 5.16. The minimum absolute atomic E-state index is 0.426. The van der Waals surface area contributed by atoms with Gasteiger partial charge in [-0.15, -0.1) is 0 Å². The second kappa shape index (κ2) is 4.63. The molecule has 0 bridgehead atoms. The van der Waals surface area contributed by atoms with E-state index in [0.717, 1.165) is 5.92 Å². The van der Waals surface area contributed by atoms with E-state index in [1.165, 1.54) is 18.4 Å². The highest BCUT2D eigenvalue weighted by Crippen LogP contribution is 2.29. The Morgan fingerprint density at radius 3 is 2.14 bits per heavy atom. The van der Waals surface area contributed by atoms with E-state index in [4.69, 9.17) is 0 Å². The van der Waals surface area contributed by atoms with Gasteiger partial charge in [0.25, 0.3) is 0 Å². The average molecular weight is 190 g/mol. The molecule has 0 amide bonds. The van der Waals surface area contributed by atoms with Gasteiger partial charge in [0.05, 0.1) is 0 Å². The molecule has 1 aromatic carbocycles. The Bertz CT molecular complexity index is 257. The molecular weight excluding hydrogens is 168 g/mol. The minimum atomic E-state index is 0.426. The lowest BCUT2D eigenvalue weighted by Gasteiger charge is -2.26. The number of benzene rings is 1. The molecule has 0 heteroatoms. The van der Waals surface area contributed by atoms with E-state index in [9.17, 15) is 0 Å². The van der Waals surface area contributed by atoms with Crippen molar-refractivity contribution in [1.82, 2.24) is 0 Å². The van der Waals surface area contributed by atoms with E-state index in [-0.39, 0.29) is 0 Å². The monoisotopic (exact) mass is 190 g/mol. The average Bonchev–Trinajstić information content (AvgIpc) is 2.02. The van der Waals surface area contributed by atoms with E-state index in [2.05, 4.69) is 58.0 Å². The van der Waals surface area contributed by atoms with Crippen LogP contribution < -0.4 is 0 Å². The molecule has 0 nitrogen and oxygen atoms in total. The second-order valence-corrected chi connectivity index (χ2v) is 5.42. The molecule has 14 heavy (non-hydrogen) atoms. The van der Waals surface area contributed by atoms with Gasteiger partial charge in [-0.05, 0) is 29.7 Å². The predicted octanol–water partition coefficient (Wildman–Crippen LogP) is 4.30. The zero-order valence-electron chi connectivity index (χ0n) is 9.88. The van der Waals surface area contributed by atoms with Gasteiger partial charge in [0.2, 0.25) is 0 Å². The Morgan fingerprint density at radius 1 is 1.07 bits per heavy atom. The molecule has 1 aromatic rings. The lowest BCUT2D eigenvalue weighted by molar-refractivity contribution is 0.285. The maximum absolute atomic E-state index is 2.36. The van der Waals surface area contributed by atoms with E-state index in [0.29, 0.717) is 5.41 Å². The van der Waals surface area contributed by atoms with Gasteiger partial charge >= 0.3 is 0 Å². The van der Waals surface area contributed by atoms with Crippen LogP contribution in [0.25, 0.3) is 0 Å². The molecule has 0 aliphatic heterocycles. The Kier molecular flexibility index (Phi) is 3.74. The largest absolute Gasteiger partial charge is 0.0628 e. The van der Waals surface area contributed by atoms with Crippen molar-refractivity contribution in [3.8, 4) is 0 Å². The predicted molar refractivity (Wildman–Crippen MR) is 63.4 cm³/mol. The quantitative estimate of drug-likeness (QED) is 0.664.